The van der Waals surface area contributed by atoms with Gasteiger partial charge in [0.1, 0.15) is 0 Å². The van der Waals surface area contributed by atoms with Gasteiger partial charge in [-0.05, 0) is 33.4 Å². The van der Waals surface area contributed by atoms with Crippen LogP contribution in [0.4, 0.5) is 13.2 Å². The number of aromatic nitrogens is 1. The molecule has 1 aromatic heterocycles. The fourth-order valence-corrected chi connectivity index (χ4v) is 2.90. The fourth-order valence-electron chi connectivity index (χ4n) is 1.50. The van der Waals surface area contributed by atoms with Gasteiger partial charge in [0.25, 0.3) is 0 Å². The first-order chi connectivity index (χ1) is 7.93. The molecule has 6 heteroatoms. The van der Waals surface area contributed by atoms with E-state index in [4.69, 9.17) is 0 Å². The molecule has 0 aliphatic carbocycles. The van der Waals surface area contributed by atoms with Crippen LogP contribution in [0.5, 0.6) is 0 Å². The molecule has 0 atom stereocenters. The Balaban J connectivity index is 2.66. The Bertz CT molecular complexity index is 566. The molecule has 2 aromatic rings. The van der Waals surface area contributed by atoms with Gasteiger partial charge in [0, 0.05) is 21.4 Å². The molecule has 0 saturated heterocycles. The molecule has 0 fully saturated rings. The number of halogens is 5. The number of hydrogen-bond acceptors (Lipinski definition) is 1. The van der Waals surface area contributed by atoms with Crippen molar-refractivity contribution in [3.05, 3.63) is 40.1 Å². The maximum atomic E-state index is 12.5. The van der Waals surface area contributed by atoms with E-state index >= 15 is 0 Å². The molecule has 1 aromatic carbocycles. The molecule has 0 unspecified atom stereocenters. The number of nitrogens with zero attached hydrogens (tertiary/aromatic N) is 1. The molecule has 1 nitrogen and oxygen atoms in total. The van der Waals surface area contributed by atoms with E-state index in [1.807, 2.05) is 0 Å². The summed E-state index contributed by atoms with van der Waals surface area (Å²) in [6, 6.07) is 3.63. The van der Waals surface area contributed by atoms with Crippen molar-refractivity contribution in [3.63, 3.8) is 0 Å². The predicted molar refractivity (Wildman–Crippen MR) is 67.1 cm³/mol. The Morgan fingerprint density at radius 2 is 1.94 bits per heavy atom. The van der Waals surface area contributed by atoms with Crippen LogP contribution >= 0.6 is 31.9 Å². The lowest BCUT2D eigenvalue weighted by Crippen LogP contribution is -2.04. The van der Waals surface area contributed by atoms with Crippen LogP contribution in [0.15, 0.2) is 28.9 Å². The van der Waals surface area contributed by atoms with E-state index in [0.717, 1.165) is 27.7 Å². The van der Waals surface area contributed by atoms with Gasteiger partial charge in [-0.15, -0.1) is 0 Å². The summed E-state index contributed by atoms with van der Waals surface area (Å²) in [5.41, 5.74) is 0.0996. The zero-order valence-electron chi connectivity index (χ0n) is 8.35. The third-order valence-electron chi connectivity index (χ3n) is 2.35. The molecule has 2 rings (SSSR count). The van der Waals surface area contributed by atoms with Gasteiger partial charge in [-0.25, -0.2) is 0 Å². The Kier molecular flexibility index (Phi) is 3.45. The molecule has 1 heterocycles. The lowest BCUT2D eigenvalue weighted by Gasteiger charge is -2.09. The van der Waals surface area contributed by atoms with Gasteiger partial charge in [-0.1, -0.05) is 22.0 Å². The molecule has 90 valence electrons. The van der Waals surface area contributed by atoms with Crippen molar-refractivity contribution in [2.24, 2.45) is 0 Å². The lowest BCUT2D eigenvalue weighted by atomic mass is 10.1. The van der Waals surface area contributed by atoms with E-state index in [2.05, 4.69) is 36.8 Å². The standard InChI is InChI=1S/C11H6Br2F3N/c12-4-9-10(13)8-2-1-7(11(14,15)16)3-6(8)5-17-9/h1-3,5H,4H2. The number of fused-ring (bicyclic) bond motifs is 1. The molecule has 0 spiro atoms. The van der Waals surface area contributed by atoms with Crippen LogP contribution in [0, 0.1) is 0 Å². The van der Waals surface area contributed by atoms with Crippen LogP contribution < -0.4 is 0 Å². The number of benzene rings is 1. The largest absolute Gasteiger partial charge is 0.416 e. The van der Waals surface area contributed by atoms with Gasteiger partial charge in [-0.2, -0.15) is 13.2 Å². The number of alkyl halides is 4. The van der Waals surface area contributed by atoms with Gasteiger partial charge < -0.3 is 0 Å². The molecular formula is C11H6Br2F3N. The first-order valence-electron chi connectivity index (χ1n) is 4.64. The quantitative estimate of drug-likeness (QED) is 0.651. The predicted octanol–water partition coefficient (Wildman–Crippen LogP) is 4.91. The average Bonchev–Trinajstić information content (AvgIpc) is 2.28. The van der Waals surface area contributed by atoms with Crippen molar-refractivity contribution in [1.29, 1.82) is 0 Å². The summed E-state index contributed by atoms with van der Waals surface area (Å²) in [6.07, 6.45) is -2.87. The topological polar surface area (TPSA) is 12.9 Å². The highest BCUT2D eigenvalue weighted by molar-refractivity contribution is 9.11. The Labute approximate surface area is 112 Å². The molecule has 0 aliphatic rings. The van der Waals surface area contributed by atoms with Crippen LogP contribution in [-0.2, 0) is 11.5 Å². The molecule has 0 amide bonds. The fraction of sp³-hybridized carbons (Fsp3) is 0.182. The second-order valence-corrected chi connectivity index (χ2v) is 4.81. The highest BCUT2D eigenvalue weighted by Gasteiger charge is 2.30. The van der Waals surface area contributed by atoms with Crippen LogP contribution in [0.3, 0.4) is 0 Å². The summed E-state index contributed by atoms with van der Waals surface area (Å²) in [4.78, 5) is 4.09. The summed E-state index contributed by atoms with van der Waals surface area (Å²) >= 11 is 6.61. The van der Waals surface area contributed by atoms with E-state index < -0.39 is 11.7 Å². The highest BCUT2D eigenvalue weighted by Crippen LogP contribution is 2.34. The summed E-state index contributed by atoms with van der Waals surface area (Å²) in [7, 11) is 0. The van der Waals surface area contributed by atoms with Gasteiger partial charge in [0.2, 0.25) is 0 Å². The van der Waals surface area contributed by atoms with E-state index in [0.29, 0.717) is 10.7 Å². The second-order valence-electron chi connectivity index (χ2n) is 3.45. The van der Waals surface area contributed by atoms with Crippen molar-refractivity contribution in [2.75, 3.05) is 0 Å². The molecule has 0 bridgehead atoms. The highest BCUT2D eigenvalue weighted by atomic mass is 79.9. The van der Waals surface area contributed by atoms with Gasteiger partial charge >= 0.3 is 6.18 Å². The van der Waals surface area contributed by atoms with E-state index in [1.165, 1.54) is 12.3 Å². The van der Waals surface area contributed by atoms with Crippen molar-refractivity contribution >= 4 is 42.6 Å². The van der Waals surface area contributed by atoms with E-state index in [-0.39, 0.29) is 0 Å². The molecule has 0 N–H and O–H groups in total. The number of hydrogen-bond donors (Lipinski definition) is 0. The minimum absolute atomic E-state index is 0.469. The van der Waals surface area contributed by atoms with Crippen molar-refractivity contribution in [3.8, 4) is 0 Å². The summed E-state index contributed by atoms with van der Waals surface area (Å²) in [5, 5.41) is 1.74. The maximum absolute atomic E-state index is 12.5. The maximum Gasteiger partial charge on any atom is 0.416 e. The summed E-state index contributed by atoms with van der Waals surface area (Å²) < 4.78 is 38.3. The Hall–Kier alpha value is -0.620. The van der Waals surface area contributed by atoms with Crippen LogP contribution in [0.25, 0.3) is 10.8 Å². The Morgan fingerprint density at radius 3 is 2.53 bits per heavy atom. The zero-order chi connectivity index (χ0) is 12.6. The minimum atomic E-state index is -4.32. The first kappa shape index (κ1) is 12.8. The summed E-state index contributed by atoms with van der Waals surface area (Å²) in [5.74, 6) is 0. The third-order valence-corrected chi connectivity index (χ3v) is 3.77. The van der Waals surface area contributed by atoms with Gasteiger partial charge in [-0.3, -0.25) is 4.98 Å². The molecule has 0 saturated carbocycles. The second kappa shape index (κ2) is 4.57. The van der Waals surface area contributed by atoms with E-state index in [9.17, 15) is 13.2 Å². The molecule has 0 radical (unpaired) electrons. The first-order valence-corrected chi connectivity index (χ1v) is 6.55. The monoisotopic (exact) mass is 367 g/mol. The third kappa shape index (κ3) is 2.47. The lowest BCUT2D eigenvalue weighted by molar-refractivity contribution is -0.137. The molecular weight excluding hydrogens is 363 g/mol. The zero-order valence-corrected chi connectivity index (χ0v) is 11.5. The van der Waals surface area contributed by atoms with Crippen molar-refractivity contribution < 1.29 is 13.2 Å². The molecule has 17 heavy (non-hydrogen) atoms. The summed E-state index contributed by atoms with van der Waals surface area (Å²) in [6.45, 7) is 0. The van der Waals surface area contributed by atoms with E-state index in [1.54, 1.807) is 0 Å². The number of pyridine rings is 1. The number of rotatable bonds is 1. The van der Waals surface area contributed by atoms with Gasteiger partial charge in [0.15, 0.2) is 0 Å². The smallest absolute Gasteiger partial charge is 0.259 e. The normalized spacial score (nSPS) is 12.1. The SMILES string of the molecule is FC(F)(F)c1ccc2c(Br)c(CBr)ncc2c1. The van der Waals surface area contributed by atoms with Crippen molar-refractivity contribution in [1.82, 2.24) is 4.98 Å². The molecule has 0 aliphatic heterocycles. The van der Waals surface area contributed by atoms with Crippen LogP contribution in [-0.4, -0.2) is 4.98 Å². The minimum Gasteiger partial charge on any atom is -0.259 e. The average molecular weight is 369 g/mol. The Morgan fingerprint density at radius 1 is 1.24 bits per heavy atom. The van der Waals surface area contributed by atoms with Gasteiger partial charge in [0.05, 0.1) is 11.3 Å². The van der Waals surface area contributed by atoms with Crippen LogP contribution in [0.1, 0.15) is 11.3 Å². The van der Waals surface area contributed by atoms with Crippen molar-refractivity contribution in [2.45, 2.75) is 11.5 Å². The van der Waals surface area contributed by atoms with Crippen LogP contribution in [0.2, 0.25) is 0 Å².